The number of thiocarbonyl (C=S) groups is 1. The lowest BCUT2D eigenvalue weighted by molar-refractivity contribution is 0.0784. The van der Waals surface area contributed by atoms with Gasteiger partial charge in [-0.1, -0.05) is 42.5 Å². The molecule has 0 radical (unpaired) electrons. The lowest BCUT2D eigenvalue weighted by atomic mass is 10.2. The predicted molar refractivity (Wildman–Crippen MR) is 132 cm³/mol. The zero-order chi connectivity index (χ0) is 24.5. The molecule has 9 nitrogen and oxygen atoms in total. The number of urea groups is 1. The fourth-order valence-electron chi connectivity index (χ4n) is 3.80. The minimum absolute atomic E-state index is 0.170. The summed E-state index contributed by atoms with van der Waals surface area (Å²) in [6.07, 6.45) is 2.25. The summed E-state index contributed by atoms with van der Waals surface area (Å²) in [5.74, 6) is 0.589. The molecule has 2 amide bonds. The Morgan fingerprint density at radius 1 is 1.09 bits per heavy atom. The second kappa shape index (κ2) is 9.55. The average Bonchev–Trinajstić information content (AvgIpc) is 3.26. The molecule has 0 spiro atoms. The third-order valence-electron chi connectivity index (χ3n) is 5.27. The normalized spacial score (nSPS) is 19.2. The van der Waals surface area contributed by atoms with Gasteiger partial charge in [0.1, 0.15) is 11.2 Å². The van der Waals surface area contributed by atoms with Crippen LogP contribution < -0.4 is 14.5 Å². The Kier molecular flexibility index (Phi) is 6.71. The van der Waals surface area contributed by atoms with E-state index >= 15 is 0 Å². The number of rotatable bonds is 7. The molecule has 0 aliphatic carbocycles. The summed E-state index contributed by atoms with van der Waals surface area (Å²) in [5.41, 5.74) is 1.64. The van der Waals surface area contributed by atoms with E-state index in [1.54, 1.807) is 47.4 Å². The molecule has 2 aromatic rings. The Labute approximate surface area is 202 Å². The number of nitrogens with zero attached hydrogens (tertiary/aromatic N) is 3. The smallest absolute Gasteiger partial charge is 0.336 e. The Bertz CT molecular complexity index is 1270. The van der Waals surface area contributed by atoms with Gasteiger partial charge in [0.2, 0.25) is 5.88 Å². The van der Waals surface area contributed by atoms with E-state index in [0.29, 0.717) is 23.0 Å². The number of aliphatic hydroxyl groups excluding tert-OH is 1. The molecule has 2 heterocycles. The van der Waals surface area contributed by atoms with Gasteiger partial charge in [-0.3, -0.25) is 14.4 Å². The van der Waals surface area contributed by atoms with Crippen molar-refractivity contribution in [2.75, 3.05) is 22.1 Å². The summed E-state index contributed by atoms with van der Waals surface area (Å²) >= 11 is 5.57. The molecular weight excluding hydrogens is 478 g/mol. The number of anilines is 2. The Hall–Kier alpha value is -3.25. The molecule has 34 heavy (non-hydrogen) atoms. The Balaban J connectivity index is 1.67. The van der Waals surface area contributed by atoms with E-state index in [4.69, 9.17) is 21.5 Å². The molecule has 11 heteroatoms. The highest BCUT2D eigenvalue weighted by atomic mass is 32.2. The minimum atomic E-state index is -4.09. The molecule has 1 atom stereocenters. The Morgan fingerprint density at radius 2 is 1.76 bits per heavy atom. The molecule has 0 bridgehead atoms. The molecule has 0 aromatic heterocycles. The van der Waals surface area contributed by atoms with E-state index in [-0.39, 0.29) is 23.7 Å². The van der Waals surface area contributed by atoms with Crippen LogP contribution in [-0.2, 0) is 10.1 Å². The van der Waals surface area contributed by atoms with Crippen LogP contribution in [0.3, 0.4) is 0 Å². The first-order chi connectivity index (χ1) is 16.2. The van der Waals surface area contributed by atoms with Crippen LogP contribution in [0.1, 0.15) is 13.3 Å². The molecule has 4 rings (SSSR count). The van der Waals surface area contributed by atoms with Crippen LogP contribution in [0.4, 0.5) is 16.2 Å². The molecule has 2 N–H and O–H groups in total. The number of para-hydroxylation sites is 3. The summed E-state index contributed by atoms with van der Waals surface area (Å²) < 4.78 is 37.3. The fourth-order valence-corrected chi connectivity index (χ4v) is 4.64. The van der Waals surface area contributed by atoms with E-state index in [2.05, 4.69) is 0 Å². The van der Waals surface area contributed by atoms with Crippen molar-refractivity contribution >= 4 is 44.7 Å². The van der Waals surface area contributed by atoms with Crippen LogP contribution in [0.5, 0.6) is 5.75 Å². The number of hydrogen-bond donors (Lipinski definition) is 2. The van der Waals surface area contributed by atoms with Gasteiger partial charge in [0.15, 0.2) is 5.75 Å². The molecule has 2 aliphatic heterocycles. The molecule has 2 aliphatic rings. The fraction of sp³-hybridized carbons (Fsp3) is 0.217. The van der Waals surface area contributed by atoms with Crippen molar-refractivity contribution in [1.82, 2.24) is 4.90 Å². The van der Waals surface area contributed by atoms with Crippen LogP contribution in [0.2, 0.25) is 0 Å². The van der Waals surface area contributed by atoms with Crippen LogP contribution >= 0.6 is 12.2 Å². The predicted octanol–water partition coefficient (Wildman–Crippen LogP) is 3.50. The van der Waals surface area contributed by atoms with Gasteiger partial charge in [-0.15, -0.1) is 0 Å². The van der Waals surface area contributed by atoms with Crippen LogP contribution in [0.15, 0.2) is 78.3 Å². The van der Waals surface area contributed by atoms with Crippen molar-refractivity contribution in [2.45, 2.75) is 19.6 Å². The quantitative estimate of drug-likeness (QED) is 0.337. The third kappa shape index (κ3) is 4.82. The summed E-state index contributed by atoms with van der Waals surface area (Å²) in [6.45, 7) is 1.74. The zero-order valence-electron chi connectivity index (χ0n) is 18.2. The molecule has 1 saturated heterocycles. The van der Waals surface area contributed by atoms with Crippen LogP contribution in [-0.4, -0.2) is 52.5 Å². The molecule has 1 fully saturated rings. The zero-order valence-corrected chi connectivity index (χ0v) is 19.9. The van der Waals surface area contributed by atoms with Crippen molar-refractivity contribution in [2.24, 2.45) is 0 Å². The first-order valence-electron chi connectivity index (χ1n) is 10.5. The number of carbonyl (C=O) groups excluding carboxylic acids is 1. The van der Waals surface area contributed by atoms with Crippen molar-refractivity contribution in [3.8, 4) is 5.75 Å². The largest absolute Gasteiger partial charge is 0.439 e. The number of hydrogen-bond acceptors (Lipinski definition) is 7. The number of aliphatic hydroxyl groups is 1. The second-order valence-electron chi connectivity index (χ2n) is 7.68. The summed E-state index contributed by atoms with van der Waals surface area (Å²) in [5, 5.41) is 10.3. The highest BCUT2D eigenvalue weighted by Gasteiger charge is 2.41. The van der Waals surface area contributed by atoms with Gasteiger partial charge >= 0.3 is 6.03 Å². The summed E-state index contributed by atoms with van der Waals surface area (Å²) in [7, 11) is -4.09. The minimum Gasteiger partial charge on any atom is -0.439 e. The van der Waals surface area contributed by atoms with Gasteiger partial charge in [-0.25, -0.2) is 4.79 Å². The van der Waals surface area contributed by atoms with E-state index in [1.165, 1.54) is 16.7 Å². The molecule has 2 aromatic carbocycles. The number of fused-ring (bicyclic) bond motifs is 1. The van der Waals surface area contributed by atoms with Crippen molar-refractivity contribution in [1.29, 1.82) is 0 Å². The van der Waals surface area contributed by atoms with Crippen LogP contribution in [0, 0.1) is 0 Å². The molecule has 178 valence electrons. The van der Waals surface area contributed by atoms with Crippen molar-refractivity contribution < 1.29 is 27.6 Å². The number of carbonyl (C=O) groups is 1. The molecular formula is C23H23N3O6S2. The van der Waals surface area contributed by atoms with E-state index in [0.717, 1.165) is 5.69 Å². The van der Waals surface area contributed by atoms with Gasteiger partial charge in [-0.05, 0) is 43.7 Å². The highest BCUT2D eigenvalue weighted by molar-refractivity contribution is 7.85. The summed E-state index contributed by atoms with van der Waals surface area (Å²) in [6, 6.07) is 15.7. The number of amides is 2. The molecule has 1 unspecified atom stereocenters. The van der Waals surface area contributed by atoms with Gasteiger partial charge in [0.25, 0.3) is 10.1 Å². The lowest BCUT2D eigenvalue weighted by Gasteiger charge is -2.20. The maximum absolute atomic E-state index is 13.1. The number of ether oxygens (including phenoxy) is 1. The van der Waals surface area contributed by atoms with Gasteiger partial charge in [0, 0.05) is 12.6 Å². The van der Waals surface area contributed by atoms with E-state index in [9.17, 15) is 18.3 Å². The maximum Gasteiger partial charge on any atom is 0.336 e. The molecule has 0 saturated carbocycles. The SMILES string of the molecule is CC(O)N1C(=O)N(c2ccccc2)C(=S)/C1=C\C=C1/Oc2ccccc2N1CCCS(=O)(=O)O. The first kappa shape index (κ1) is 23.9. The van der Waals surface area contributed by atoms with Gasteiger partial charge in [-0.2, -0.15) is 8.42 Å². The van der Waals surface area contributed by atoms with Gasteiger partial charge in [0.05, 0.1) is 22.8 Å². The van der Waals surface area contributed by atoms with Crippen molar-refractivity contribution in [3.05, 3.63) is 78.3 Å². The van der Waals surface area contributed by atoms with E-state index in [1.807, 2.05) is 24.3 Å². The second-order valence-corrected chi connectivity index (χ2v) is 9.64. The Morgan fingerprint density at radius 3 is 2.44 bits per heavy atom. The third-order valence-corrected chi connectivity index (χ3v) is 6.47. The average molecular weight is 502 g/mol. The lowest BCUT2D eigenvalue weighted by Crippen LogP contribution is -2.37. The number of benzene rings is 2. The monoisotopic (exact) mass is 501 g/mol. The number of allylic oxidation sites excluding steroid dienone is 2. The summed E-state index contributed by atoms with van der Waals surface area (Å²) in [4.78, 5) is 17.6. The van der Waals surface area contributed by atoms with Gasteiger partial charge < -0.3 is 14.7 Å². The highest BCUT2D eigenvalue weighted by Crippen LogP contribution is 2.39. The first-order valence-corrected chi connectivity index (χ1v) is 12.5. The standard InChI is InChI=1S/C23H23N3O6S2/c1-16(27)25-19(22(33)26(23(25)28)17-8-3-2-4-9-17)12-13-21-24(14-7-15-34(29,30)31)18-10-5-6-11-20(18)32-21/h2-6,8-13,16,27H,7,14-15H2,1H3,(H,29,30,31)/b19-12+,21-13-. The topological polar surface area (TPSA) is 111 Å². The van der Waals surface area contributed by atoms with E-state index < -0.39 is 22.4 Å². The van der Waals surface area contributed by atoms with Crippen molar-refractivity contribution in [3.63, 3.8) is 0 Å². The van der Waals surface area contributed by atoms with Crippen LogP contribution in [0.25, 0.3) is 0 Å². The maximum atomic E-state index is 13.1.